The molecule has 1 atom stereocenters. The fourth-order valence-electron chi connectivity index (χ4n) is 2.80. The number of furan rings is 1. The zero-order chi connectivity index (χ0) is 19.1. The zero-order valence-electron chi connectivity index (χ0n) is 15.1. The van der Waals surface area contributed by atoms with E-state index < -0.39 is 16.7 Å². The molecule has 8 nitrogen and oxygen atoms in total. The highest BCUT2D eigenvalue weighted by Crippen LogP contribution is 2.24. The lowest BCUT2D eigenvalue weighted by molar-refractivity contribution is -0.402. The summed E-state index contributed by atoms with van der Waals surface area (Å²) in [5, 5.41) is 13.5. The molecule has 1 unspecified atom stereocenters. The first-order chi connectivity index (χ1) is 12.5. The minimum Gasteiger partial charge on any atom is -0.497 e. The minimum atomic E-state index is -0.675. The van der Waals surface area contributed by atoms with Crippen LogP contribution in [0.3, 0.4) is 0 Å². The van der Waals surface area contributed by atoms with Crippen LogP contribution in [0.15, 0.2) is 40.8 Å². The van der Waals surface area contributed by atoms with Gasteiger partial charge >= 0.3 is 5.88 Å². The molecule has 1 amide bonds. The summed E-state index contributed by atoms with van der Waals surface area (Å²) in [6, 6.07) is 10.1. The van der Waals surface area contributed by atoms with E-state index in [2.05, 4.69) is 10.2 Å². The van der Waals surface area contributed by atoms with Crippen LogP contribution in [0.1, 0.15) is 36.0 Å². The summed E-state index contributed by atoms with van der Waals surface area (Å²) in [6.07, 6.45) is 0. The minimum absolute atomic E-state index is 0.0611. The number of carbonyl (C=O) groups excluding carboxylic acids is 1. The van der Waals surface area contributed by atoms with Gasteiger partial charge in [0.25, 0.3) is 5.91 Å². The highest BCUT2D eigenvalue weighted by atomic mass is 16.6. The molecule has 1 heterocycles. The molecule has 0 saturated carbocycles. The highest BCUT2D eigenvalue weighted by Gasteiger charge is 2.22. The monoisotopic (exact) mass is 361 g/mol. The van der Waals surface area contributed by atoms with Crippen LogP contribution in [-0.4, -0.2) is 42.5 Å². The molecule has 0 bridgehead atoms. The molecule has 0 aliphatic rings. The maximum absolute atomic E-state index is 12.3. The van der Waals surface area contributed by atoms with Gasteiger partial charge in [-0.1, -0.05) is 26.0 Å². The van der Waals surface area contributed by atoms with Crippen molar-refractivity contribution in [1.82, 2.24) is 10.2 Å². The quantitative estimate of drug-likeness (QED) is 0.545. The molecule has 0 radical (unpaired) electrons. The topological polar surface area (TPSA) is 97.9 Å². The number of rotatable bonds is 9. The summed E-state index contributed by atoms with van der Waals surface area (Å²) < 4.78 is 10.2. The van der Waals surface area contributed by atoms with Crippen molar-refractivity contribution in [2.75, 3.05) is 26.7 Å². The average Bonchev–Trinajstić information content (AvgIpc) is 3.15. The molecule has 1 aromatic heterocycles. The first kappa shape index (κ1) is 19.5. The van der Waals surface area contributed by atoms with E-state index in [9.17, 15) is 14.9 Å². The predicted octanol–water partition coefficient (Wildman–Crippen LogP) is 3.01. The van der Waals surface area contributed by atoms with Crippen LogP contribution in [0.4, 0.5) is 5.88 Å². The van der Waals surface area contributed by atoms with Gasteiger partial charge in [0.2, 0.25) is 0 Å². The number of benzene rings is 1. The van der Waals surface area contributed by atoms with Gasteiger partial charge in [0, 0.05) is 6.54 Å². The summed E-state index contributed by atoms with van der Waals surface area (Å²) in [6.45, 7) is 6.05. The second kappa shape index (κ2) is 9.00. The van der Waals surface area contributed by atoms with Crippen molar-refractivity contribution < 1.29 is 18.9 Å². The lowest BCUT2D eigenvalue weighted by Crippen LogP contribution is -2.38. The Morgan fingerprint density at radius 2 is 2.04 bits per heavy atom. The SMILES string of the molecule is CCN(CC)C(CNC(=O)c1ccc([N+](=O)[O-])o1)c1cccc(OC)c1. The lowest BCUT2D eigenvalue weighted by Gasteiger charge is -2.30. The number of methoxy groups -OCH3 is 1. The van der Waals surface area contributed by atoms with Gasteiger partial charge in [-0.3, -0.25) is 19.8 Å². The largest absolute Gasteiger partial charge is 0.497 e. The highest BCUT2D eigenvalue weighted by molar-refractivity contribution is 5.91. The Bertz CT molecular complexity index is 755. The standard InChI is InChI=1S/C18H23N3O5/c1-4-20(5-2)15(13-7-6-8-14(11-13)25-3)12-19-18(22)16-9-10-17(26-16)21(23)24/h6-11,15H,4-5,12H2,1-3H3,(H,19,22). The zero-order valence-corrected chi connectivity index (χ0v) is 15.1. The van der Waals surface area contributed by atoms with E-state index in [0.29, 0.717) is 6.54 Å². The van der Waals surface area contributed by atoms with E-state index in [1.54, 1.807) is 7.11 Å². The Balaban J connectivity index is 2.15. The Morgan fingerprint density at radius 3 is 2.62 bits per heavy atom. The van der Waals surface area contributed by atoms with Gasteiger partial charge in [-0.25, -0.2) is 0 Å². The number of nitrogens with one attached hydrogen (secondary N) is 1. The molecule has 26 heavy (non-hydrogen) atoms. The Labute approximate surface area is 151 Å². The Hall–Kier alpha value is -2.87. The van der Waals surface area contributed by atoms with E-state index in [0.717, 1.165) is 24.4 Å². The van der Waals surface area contributed by atoms with Crippen molar-refractivity contribution in [3.05, 3.63) is 57.8 Å². The smallest absolute Gasteiger partial charge is 0.433 e. The maximum Gasteiger partial charge on any atom is 0.433 e. The Morgan fingerprint density at radius 1 is 1.31 bits per heavy atom. The van der Waals surface area contributed by atoms with E-state index in [-0.39, 0.29) is 11.8 Å². The molecule has 0 aliphatic heterocycles. The second-order valence-corrected chi connectivity index (χ2v) is 5.62. The van der Waals surface area contributed by atoms with Gasteiger partial charge in [-0.15, -0.1) is 0 Å². The number of likely N-dealkylation sites (N-methyl/N-ethyl adjacent to an activating group) is 1. The fourth-order valence-corrected chi connectivity index (χ4v) is 2.80. The van der Waals surface area contributed by atoms with Crippen molar-refractivity contribution >= 4 is 11.8 Å². The van der Waals surface area contributed by atoms with Crippen LogP contribution >= 0.6 is 0 Å². The molecule has 2 rings (SSSR count). The number of carbonyl (C=O) groups is 1. The summed E-state index contributed by atoms with van der Waals surface area (Å²) >= 11 is 0. The molecule has 140 valence electrons. The van der Waals surface area contributed by atoms with Crippen molar-refractivity contribution in [2.24, 2.45) is 0 Å². The molecular weight excluding hydrogens is 338 g/mol. The molecule has 8 heteroatoms. The normalized spacial score (nSPS) is 12.0. The molecule has 1 aromatic carbocycles. The molecule has 2 aromatic rings. The van der Waals surface area contributed by atoms with Gasteiger partial charge in [-0.05, 0) is 36.9 Å². The van der Waals surface area contributed by atoms with Crippen molar-refractivity contribution in [2.45, 2.75) is 19.9 Å². The Kier molecular flexibility index (Phi) is 6.74. The molecule has 1 N–H and O–H groups in total. The second-order valence-electron chi connectivity index (χ2n) is 5.62. The summed E-state index contributed by atoms with van der Waals surface area (Å²) in [4.78, 5) is 24.5. The number of nitro groups is 1. The van der Waals surface area contributed by atoms with Crippen LogP contribution in [0.5, 0.6) is 5.75 Å². The summed E-state index contributed by atoms with van der Waals surface area (Å²) in [7, 11) is 1.61. The molecule has 0 aliphatic carbocycles. The van der Waals surface area contributed by atoms with Crippen molar-refractivity contribution in [3.8, 4) is 5.75 Å². The van der Waals surface area contributed by atoms with Gasteiger partial charge in [-0.2, -0.15) is 0 Å². The van der Waals surface area contributed by atoms with Crippen LogP contribution in [-0.2, 0) is 0 Å². The van der Waals surface area contributed by atoms with Gasteiger partial charge < -0.3 is 14.5 Å². The molecule has 0 saturated heterocycles. The number of hydrogen-bond donors (Lipinski definition) is 1. The third-order valence-corrected chi connectivity index (χ3v) is 4.18. The van der Waals surface area contributed by atoms with Gasteiger partial charge in [0.1, 0.15) is 10.7 Å². The number of nitrogens with zero attached hydrogens (tertiary/aromatic N) is 2. The van der Waals surface area contributed by atoms with Crippen molar-refractivity contribution in [3.63, 3.8) is 0 Å². The van der Waals surface area contributed by atoms with Crippen molar-refractivity contribution in [1.29, 1.82) is 0 Å². The number of ether oxygens (including phenoxy) is 1. The molecular formula is C18H23N3O5. The van der Waals surface area contributed by atoms with E-state index in [1.165, 1.54) is 12.1 Å². The van der Waals surface area contributed by atoms with E-state index in [1.807, 2.05) is 38.1 Å². The maximum atomic E-state index is 12.3. The third-order valence-electron chi connectivity index (χ3n) is 4.18. The van der Waals surface area contributed by atoms with Gasteiger partial charge in [0.05, 0.1) is 19.2 Å². The lowest BCUT2D eigenvalue weighted by atomic mass is 10.0. The van der Waals surface area contributed by atoms with E-state index >= 15 is 0 Å². The first-order valence-electron chi connectivity index (χ1n) is 8.40. The fraction of sp³-hybridized carbons (Fsp3) is 0.389. The van der Waals surface area contributed by atoms with Crippen LogP contribution in [0.25, 0.3) is 0 Å². The summed E-state index contributed by atoms with van der Waals surface area (Å²) in [5.74, 6) is -0.283. The molecule has 0 spiro atoms. The predicted molar refractivity (Wildman–Crippen MR) is 96.4 cm³/mol. The van der Waals surface area contributed by atoms with E-state index in [4.69, 9.17) is 9.15 Å². The third kappa shape index (κ3) is 4.60. The van der Waals surface area contributed by atoms with Crippen LogP contribution < -0.4 is 10.1 Å². The van der Waals surface area contributed by atoms with Crippen LogP contribution in [0, 0.1) is 10.1 Å². The van der Waals surface area contributed by atoms with Crippen LogP contribution in [0.2, 0.25) is 0 Å². The number of hydrogen-bond acceptors (Lipinski definition) is 6. The first-order valence-corrected chi connectivity index (χ1v) is 8.40. The number of amides is 1. The van der Waals surface area contributed by atoms with Gasteiger partial charge in [0.15, 0.2) is 5.76 Å². The average molecular weight is 361 g/mol. The molecule has 0 fully saturated rings. The summed E-state index contributed by atoms with van der Waals surface area (Å²) in [5.41, 5.74) is 1.01.